The zero-order valence-corrected chi connectivity index (χ0v) is 15.9. The first-order valence-corrected chi connectivity index (χ1v) is 9.10. The van der Waals surface area contributed by atoms with Crippen molar-refractivity contribution < 1.29 is 38.3 Å². The van der Waals surface area contributed by atoms with Crippen molar-refractivity contribution >= 4 is 19.5 Å². The molecule has 10 nitrogen and oxygen atoms in total. The third-order valence-corrected chi connectivity index (χ3v) is 4.01. The van der Waals surface area contributed by atoms with Gasteiger partial charge in [-0.2, -0.15) is 0 Å². The van der Waals surface area contributed by atoms with E-state index in [2.05, 4.69) is 4.52 Å². The quantitative estimate of drug-likeness (QED) is 0.492. The monoisotopic (exact) mass is 398 g/mol. The van der Waals surface area contributed by atoms with Crippen LogP contribution in [0.25, 0.3) is 5.69 Å². The van der Waals surface area contributed by atoms with Crippen molar-refractivity contribution in [2.24, 2.45) is 0 Å². The number of rotatable bonds is 6. The molecule has 1 amide bonds. The number of hydrogen-bond acceptors (Lipinski definition) is 6. The van der Waals surface area contributed by atoms with Crippen molar-refractivity contribution in [3.8, 4) is 22.9 Å². The van der Waals surface area contributed by atoms with Crippen LogP contribution < -0.4 is 9.26 Å². The number of methoxy groups -OCH3 is 1. The van der Waals surface area contributed by atoms with Crippen molar-refractivity contribution in [1.29, 1.82) is 0 Å². The fraction of sp³-hybridized carbons (Fsp3) is 0.250. The summed E-state index contributed by atoms with van der Waals surface area (Å²) in [7, 11) is -0.861. The standard InChI is InChI=1S/C16H19N2O8P/c1-9(19)12-14(20)15(26-27(22,23)24)13(16(21)17(2)3)18(12)10-5-7-11(25-4)8-6-10/h5-8,20H,1-4H3,(H2,22,23,24). The second-order valence-corrected chi connectivity index (χ2v) is 6.91. The first kappa shape index (κ1) is 20.5. The summed E-state index contributed by atoms with van der Waals surface area (Å²) in [4.78, 5) is 44.2. The molecular weight excluding hydrogens is 379 g/mol. The molecular formula is C16H19N2O8P. The minimum absolute atomic E-state index is 0.280. The van der Waals surface area contributed by atoms with Crippen LogP contribution in [0, 0.1) is 0 Å². The number of aromatic nitrogens is 1. The number of benzene rings is 1. The summed E-state index contributed by atoms with van der Waals surface area (Å²) in [6.45, 7) is 1.14. The summed E-state index contributed by atoms with van der Waals surface area (Å²) in [5.41, 5.74) is -0.480. The molecule has 0 saturated carbocycles. The normalized spacial score (nSPS) is 11.2. The number of nitrogens with zero attached hydrogens (tertiary/aromatic N) is 2. The Kier molecular flexibility index (Phi) is 5.65. The second kappa shape index (κ2) is 7.43. The Hall–Kier alpha value is -2.81. The van der Waals surface area contributed by atoms with Gasteiger partial charge in [-0.1, -0.05) is 0 Å². The van der Waals surface area contributed by atoms with Crippen molar-refractivity contribution in [3.05, 3.63) is 35.7 Å². The van der Waals surface area contributed by atoms with E-state index in [9.17, 15) is 19.3 Å². The van der Waals surface area contributed by atoms with E-state index in [0.717, 1.165) is 16.4 Å². The molecule has 0 bridgehead atoms. The molecule has 0 aliphatic heterocycles. The lowest BCUT2D eigenvalue weighted by Crippen LogP contribution is -2.25. The van der Waals surface area contributed by atoms with Gasteiger partial charge in [0, 0.05) is 26.7 Å². The molecule has 1 aromatic carbocycles. The van der Waals surface area contributed by atoms with Gasteiger partial charge in [0.25, 0.3) is 5.91 Å². The zero-order valence-electron chi connectivity index (χ0n) is 15.0. The zero-order chi connectivity index (χ0) is 20.5. The Labute approximate surface area is 154 Å². The average molecular weight is 398 g/mol. The highest BCUT2D eigenvalue weighted by molar-refractivity contribution is 7.46. The molecule has 2 aromatic rings. The van der Waals surface area contributed by atoms with Crippen LogP contribution in [0.1, 0.15) is 27.9 Å². The molecule has 1 aromatic heterocycles. The molecule has 27 heavy (non-hydrogen) atoms. The van der Waals surface area contributed by atoms with Crippen LogP contribution in [-0.4, -0.2) is 57.3 Å². The fourth-order valence-corrected chi connectivity index (χ4v) is 2.87. The number of phosphoric ester groups is 1. The number of carbonyl (C=O) groups excluding carboxylic acids is 2. The Balaban J connectivity index is 2.89. The van der Waals surface area contributed by atoms with Crippen LogP contribution in [-0.2, 0) is 4.57 Å². The molecule has 0 atom stereocenters. The molecule has 2 rings (SSSR count). The van der Waals surface area contributed by atoms with Crippen LogP contribution in [0.3, 0.4) is 0 Å². The summed E-state index contributed by atoms with van der Waals surface area (Å²) in [6.07, 6.45) is 0. The van der Waals surface area contributed by atoms with Crippen LogP contribution in [0.4, 0.5) is 0 Å². The number of phosphoric acid groups is 1. The number of ketones is 1. The van der Waals surface area contributed by atoms with Gasteiger partial charge in [0.05, 0.1) is 7.11 Å². The summed E-state index contributed by atoms with van der Waals surface area (Å²) in [5, 5.41) is 10.4. The van der Waals surface area contributed by atoms with Gasteiger partial charge in [-0.05, 0) is 24.3 Å². The maximum atomic E-state index is 12.7. The Morgan fingerprint density at radius 2 is 1.67 bits per heavy atom. The summed E-state index contributed by atoms with van der Waals surface area (Å²) < 4.78 is 22.0. The third kappa shape index (κ3) is 4.13. The summed E-state index contributed by atoms with van der Waals surface area (Å²) in [5.74, 6) is -2.49. The topological polar surface area (TPSA) is 139 Å². The molecule has 0 spiro atoms. The number of amides is 1. The number of carbonyl (C=O) groups is 2. The largest absolute Gasteiger partial charge is 0.525 e. The van der Waals surface area contributed by atoms with E-state index < -0.39 is 36.7 Å². The molecule has 0 fully saturated rings. The molecule has 0 aliphatic rings. The number of ether oxygens (including phenoxy) is 1. The van der Waals surface area contributed by atoms with Gasteiger partial charge in [-0.25, -0.2) is 4.57 Å². The van der Waals surface area contributed by atoms with Gasteiger partial charge >= 0.3 is 7.82 Å². The van der Waals surface area contributed by atoms with Gasteiger partial charge in [0.1, 0.15) is 11.4 Å². The van der Waals surface area contributed by atoms with Crippen LogP contribution in [0.2, 0.25) is 0 Å². The lowest BCUT2D eigenvalue weighted by Gasteiger charge is -2.16. The molecule has 146 valence electrons. The Morgan fingerprint density at radius 1 is 1.11 bits per heavy atom. The maximum Gasteiger partial charge on any atom is 0.525 e. The minimum atomic E-state index is -5.13. The number of hydrogen-bond donors (Lipinski definition) is 3. The highest BCUT2D eigenvalue weighted by Gasteiger charge is 2.35. The highest BCUT2D eigenvalue weighted by atomic mass is 31.2. The predicted molar refractivity (Wildman–Crippen MR) is 94.7 cm³/mol. The van der Waals surface area contributed by atoms with Crippen molar-refractivity contribution in [1.82, 2.24) is 9.47 Å². The van der Waals surface area contributed by atoms with Crippen molar-refractivity contribution in [3.63, 3.8) is 0 Å². The fourth-order valence-electron chi connectivity index (χ4n) is 2.46. The van der Waals surface area contributed by atoms with Crippen LogP contribution >= 0.6 is 7.82 Å². The highest BCUT2D eigenvalue weighted by Crippen LogP contribution is 2.47. The molecule has 3 N–H and O–H groups in total. The molecule has 11 heteroatoms. The molecule has 0 saturated heterocycles. The average Bonchev–Trinajstić information content (AvgIpc) is 2.85. The Morgan fingerprint density at radius 3 is 2.07 bits per heavy atom. The van der Waals surface area contributed by atoms with E-state index in [-0.39, 0.29) is 11.4 Å². The van der Waals surface area contributed by atoms with Gasteiger partial charge < -0.3 is 19.3 Å². The van der Waals surface area contributed by atoms with Crippen molar-refractivity contribution in [2.45, 2.75) is 6.92 Å². The first-order chi connectivity index (χ1) is 12.5. The lowest BCUT2D eigenvalue weighted by molar-refractivity contribution is 0.0817. The maximum absolute atomic E-state index is 12.7. The smallest absolute Gasteiger partial charge is 0.503 e. The molecule has 0 unspecified atom stereocenters. The van der Waals surface area contributed by atoms with Gasteiger partial charge in [-0.15, -0.1) is 0 Å². The van der Waals surface area contributed by atoms with Gasteiger partial charge in [0.2, 0.25) is 5.75 Å². The van der Waals surface area contributed by atoms with E-state index in [1.54, 1.807) is 12.1 Å². The first-order valence-electron chi connectivity index (χ1n) is 7.57. The Bertz CT molecular complexity index is 927. The predicted octanol–water partition coefficient (Wildman–Crippen LogP) is 1.57. The van der Waals surface area contributed by atoms with E-state index in [1.807, 2.05) is 0 Å². The van der Waals surface area contributed by atoms with Crippen LogP contribution in [0.5, 0.6) is 17.2 Å². The second-order valence-electron chi connectivity index (χ2n) is 5.75. The summed E-state index contributed by atoms with van der Waals surface area (Å²) >= 11 is 0. The van der Waals surface area contributed by atoms with Gasteiger partial charge in [0.15, 0.2) is 17.2 Å². The molecule has 0 radical (unpaired) electrons. The van der Waals surface area contributed by atoms with E-state index >= 15 is 0 Å². The van der Waals surface area contributed by atoms with E-state index in [1.165, 1.54) is 33.3 Å². The SMILES string of the molecule is COc1ccc(-n2c(C(C)=O)c(O)c(OP(=O)(O)O)c2C(=O)N(C)C)cc1. The van der Waals surface area contributed by atoms with Crippen LogP contribution in [0.15, 0.2) is 24.3 Å². The number of aromatic hydroxyl groups is 1. The molecule has 1 heterocycles. The van der Waals surface area contributed by atoms with Gasteiger partial charge in [-0.3, -0.25) is 23.9 Å². The minimum Gasteiger partial charge on any atom is -0.503 e. The third-order valence-electron chi connectivity index (χ3n) is 3.58. The van der Waals surface area contributed by atoms with E-state index in [0.29, 0.717) is 5.75 Å². The van der Waals surface area contributed by atoms with E-state index in [4.69, 9.17) is 14.5 Å². The number of Topliss-reactive ketones (excluding diaryl/α,β-unsaturated/α-hetero) is 1. The molecule has 0 aliphatic carbocycles. The summed E-state index contributed by atoms with van der Waals surface area (Å²) in [6, 6.07) is 6.14. The lowest BCUT2D eigenvalue weighted by atomic mass is 10.2. The van der Waals surface area contributed by atoms with Crippen molar-refractivity contribution in [2.75, 3.05) is 21.2 Å².